The number of fused-ring (bicyclic) bond motifs is 8. The van der Waals surface area contributed by atoms with Gasteiger partial charge in [-0.2, -0.15) is 0 Å². The van der Waals surface area contributed by atoms with Crippen molar-refractivity contribution < 1.29 is 0 Å². The topological polar surface area (TPSA) is 0 Å². The van der Waals surface area contributed by atoms with E-state index < -0.39 is 0 Å². The Kier molecular flexibility index (Phi) is 2.94. The van der Waals surface area contributed by atoms with Crippen LogP contribution >= 0.6 is 45.3 Å². The standard InChI is InChI=1S/C23H12S4/c1-2-14(19-11-20-17(26-19)6-8-24-20)13-5-4-12-10-16-22-18(7-9-25-22)27-23(16)21(12)15(13)3-1/h1-9,11H,10H2. The maximum Gasteiger partial charge on any atom is 0.0492 e. The molecule has 1 aliphatic carbocycles. The van der Waals surface area contributed by atoms with Crippen LogP contribution in [0.15, 0.2) is 59.3 Å². The highest BCUT2D eigenvalue weighted by Gasteiger charge is 2.26. The van der Waals surface area contributed by atoms with Gasteiger partial charge < -0.3 is 0 Å². The largest absolute Gasteiger partial charge is 0.143 e. The summed E-state index contributed by atoms with van der Waals surface area (Å²) in [4.78, 5) is 2.88. The molecule has 6 aromatic rings. The van der Waals surface area contributed by atoms with Crippen molar-refractivity contribution in [2.75, 3.05) is 0 Å². The first-order chi connectivity index (χ1) is 13.4. The molecule has 7 rings (SSSR count). The summed E-state index contributed by atoms with van der Waals surface area (Å²) < 4.78 is 5.74. The van der Waals surface area contributed by atoms with Crippen LogP contribution < -0.4 is 0 Å². The fourth-order valence-electron chi connectivity index (χ4n) is 4.36. The zero-order chi connectivity index (χ0) is 17.5. The van der Waals surface area contributed by atoms with Gasteiger partial charge in [-0.05, 0) is 56.4 Å². The molecule has 4 heterocycles. The van der Waals surface area contributed by atoms with Gasteiger partial charge in [0, 0.05) is 40.5 Å². The van der Waals surface area contributed by atoms with Gasteiger partial charge in [-0.25, -0.2) is 0 Å². The predicted molar refractivity (Wildman–Crippen MR) is 124 cm³/mol. The van der Waals surface area contributed by atoms with E-state index in [-0.39, 0.29) is 0 Å². The summed E-state index contributed by atoms with van der Waals surface area (Å²) in [7, 11) is 0. The molecule has 0 fully saturated rings. The Morgan fingerprint density at radius 1 is 0.741 bits per heavy atom. The van der Waals surface area contributed by atoms with Gasteiger partial charge in [-0.3, -0.25) is 0 Å². The lowest BCUT2D eigenvalue weighted by Gasteiger charge is -2.09. The summed E-state index contributed by atoms with van der Waals surface area (Å²) in [6, 6.07) is 18.4. The van der Waals surface area contributed by atoms with Crippen molar-refractivity contribution in [3.63, 3.8) is 0 Å². The Morgan fingerprint density at radius 2 is 1.67 bits per heavy atom. The fourth-order valence-corrected chi connectivity index (χ4v) is 8.98. The van der Waals surface area contributed by atoms with Gasteiger partial charge >= 0.3 is 0 Å². The van der Waals surface area contributed by atoms with E-state index in [1.165, 1.54) is 56.0 Å². The zero-order valence-electron chi connectivity index (χ0n) is 14.1. The van der Waals surface area contributed by atoms with Crippen molar-refractivity contribution in [3.8, 4) is 20.9 Å². The van der Waals surface area contributed by atoms with Crippen LogP contribution in [0.2, 0.25) is 0 Å². The van der Waals surface area contributed by atoms with E-state index in [1.807, 2.05) is 45.3 Å². The van der Waals surface area contributed by atoms with E-state index in [2.05, 4.69) is 59.3 Å². The first-order valence-corrected chi connectivity index (χ1v) is 12.3. The predicted octanol–water partition coefficient (Wildman–Crippen LogP) is 8.63. The average Bonchev–Trinajstić information content (AvgIpc) is 3.44. The summed E-state index contributed by atoms with van der Waals surface area (Å²) in [6.45, 7) is 0. The lowest BCUT2D eigenvalue weighted by Crippen LogP contribution is -1.85. The second kappa shape index (κ2) is 5.30. The molecule has 0 unspecified atom stereocenters. The second-order valence-corrected chi connectivity index (χ2v) is 11.0. The molecule has 4 heteroatoms. The maximum atomic E-state index is 2.36. The molecule has 0 spiro atoms. The number of rotatable bonds is 1. The minimum absolute atomic E-state index is 1.08. The van der Waals surface area contributed by atoms with Crippen molar-refractivity contribution in [1.29, 1.82) is 0 Å². The van der Waals surface area contributed by atoms with Gasteiger partial charge in [0.1, 0.15) is 0 Å². The van der Waals surface area contributed by atoms with Crippen molar-refractivity contribution in [1.82, 2.24) is 0 Å². The number of thiophene rings is 4. The van der Waals surface area contributed by atoms with Crippen molar-refractivity contribution >= 4 is 74.9 Å². The van der Waals surface area contributed by atoms with Crippen molar-refractivity contribution in [2.45, 2.75) is 6.42 Å². The lowest BCUT2D eigenvalue weighted by molar-refractivity contribution is 1.30. The Morgan fingerprint density at radius 3 is 2.63 bits per heavy atom. The highest BCUT2D eigenvalue weighted by atomic mass is 32.1. The van der Waals surface area contributed by atoms with Crippen LogP contribution in [0.1, 0.15) is 11.1 Å². The Hall–Kier alpha value is -1.98. The van der Waals surface area contributed by atoms with Gasteiger partial charge in [0.2, 0.25) is 0 Å². The van der Waals surface area contributed by atoms with Crippen LogP contribution in [0, 0.1) is 0 Å². The third kappa shape index (κ3) is 1.96. The van der Waals surface area contributed by atoms with Crippen LogP contribution in [-0.4, -0.2) is 0 Å². The summed E-state index contributed by atoms with van der Waals surface area (Å²) in [6.07, 6.45) is 1.08. The molecule has 128 valence electrons. The van der Waals surface area contributed by atoms with Gasteiger partial charge in [0.05, 0.1) is 0 Å². The number of benzene rings is 2. The van der Waals surface area contributed by atoms with Gasteiger partial charge in [0.25, 0.3) is 0 Å². The Labute approximate surface area is 172 Å². The zero-order valence-corrected chi connectivity index (χ0v) is 17.4. The number of hydrogen-bond donors (Lipinski definition) is 0. The van der Waals surface area contributed by atoms with E-state index >= 15 is 0 Å². The molecule has 0 radical (unpaired) electrons. The molecular weight excluding hydrogens is 405 g/mol. The van der Waals surface area contributed by atoms with Crippen molar-refractivity contribution in [3.05, 3.63) is 70.4 Å². The summed E-state index contributed by atoms with van der Waals surface area (Å²) >= 11 is 7.61. The van der Waals surface area contributed by atoms with E-state index in [0.29, 0.717) is 0 Å². The van der Waals surface area contributed by atoms with E-state index in [1.54, 1.807) is 5.56 Å². The Balaban J connectivity index is 1.54. The Bertz CT molecular complexity index is 1470. The summed E-state index contributed by atoms with van der Waals surface area (Å²) in [5, 5.41) is 7.21. The molecule has 0 amide bonds. The quantitative estimate of drug-likeness (QED) is 0.251. The van der Waals surface area contributed by atoms with Crippen LogP contribution in [0.3, 0.4) is 0 Å². The SMILES string of the molecule is c1cc(-c2cc3sccc3s2)c2ccc3c(c2c1)-c1sc2ccsc2c1C3. The molecular formula is C23H12S4. The van der Waals surface area contributed by atoms with E-state index in [9.17, 15) is 0 Å². The average molecular weight is 417 g/mol. The molecule has 0 atom stereocenters. The van der Waals surface area contributed by atoms with E-state index in [4.69, 9.17) is 0 Å². The molecule has 0 N–H and O–H groups in total. The van der Waals surface area contributed by atoms with Gasteiger partial charge in [0.15, 0.2) is 0 Å². The summed E-state index contributed by atoms with van der Waals surface area (Å²) in [5.74, 6) is 0. The molecule has 2 aromatic carbocycles. The summed E-state index contributed by atoms with van der Waals surface area (Å²) in [5.41, 5.74) is 5.89. The fraction of sp³-hybridized carbons (Fsp3) is 0.0435. The molecule has 4 aromatic heterocycles. The third-order valence-corrected chi connectivity index (χ3v) is 9.98. The molecule has 0 nitrogen and oxygen atoms in total. The van der Waals surface area contributed by atoms with E-state index in [0.717, 1.165) is 6.42 Å². The maximum absolute atomic E-state index is 2.36. The van der Waals surface area contributed by atoms with Crippen LogP contribution in [-0.2, 0) is 6.42 Å². The normalized spacial score (nSPS) is 13.0. The third-order valence-electron chi connectivity index (χ3n) is 5.54. The monoisotopic (exact) mass is 416 g/mol. The van der Waals surface area contributed by atoms with Crippen molar-refractivity contribution in [2.24, 2.45) is 0 Å². The van der Waals surface area contributed by atoms with Crippen LogP contribution in [0.4, 0.5) is 0 Å². The minimum Gasteiger partial charge on any atom is -0.143 e. The first kappa shape index (κ1) is 15.0. The minimum atomic E-state index is 1.08. The molecule has 0 saturated carbocycles. The van der Waals surface area contributed by atoms with Gasteiger partial charge in [-0.1, -0.05) is 30.3 Å². The first-order valence-electron chi connectivity index (χ1n) is 8.88. The molecule has 0 bridgehead atoms. The van der Waals surface area contributed by atoms with Gasteiger partial charge in [-0.15, -0.1) is 45.3 Å². The lowest BCUT2D eigenvalue weighted by atomic mass is 9.97. The highest BCUT2D eigenvalue weighted by molar-refractivity contribution is 7.29. The van der Waals surface area contributed by atoms with Crippen LogP contribution in [0.25, 0.3) is 50.5 Å². The molecule has 27 heavy (non-hydrogen) atoms. The molecule has 0 aliphatic heterocycles. The second-order valence-electron chi connectivity index (χ2n) is 6.96. The highest BCUT2D eigenvalue weighted by Crippen LogP contribution is 2.51. The molecule has 0 saturated heterocycles. The molecule has 1 aliphatic rings. The number of hydrogen-bond acceptors (Lipinski definition) is 4. The smallest absolute Gasteiger partial charge is 0.0492 e. The van der Waals surface area contributed by atoms with Crippen LogP contribution in [0.5, 0.6) is 0 Å².